The van der Waals surface area contributed by atoms with Gasteiger partial charge in [0.2, 0.25) is 0 Å². The van der Waals surface area contributed by atoms with Gasteiger partial charge in [0.15, 0.2) is 5.96 Å². The van der Waals surface area contributed by atoms with Crippen molar-refractivity contribution in [1.29, 1.82) is 0 Å². The first-order valence-electron chi connectivity index (χ1n) is 4.50. The van der Waals surface area contributed by atoms with Gasteiger partial charge in [0, 0.05) is 18.0 Å². The lowest BCUT2D eigenvalue weighted by Crippen LogP contribution is -2.40. The number of hydrogen-bond donors (Lipinski definition) is 2. The number of thiophene rings is 1. The molecular weight excluding hydrogens is 309 g/mol. The SMILES string of the molecule is I.c1csc(CNC2=NCCCN2)c1. The van der Waals surface area contributed by atoms with E-state index in [-0.39, 0.29) is 24.0 Å². The number of nitrogens with zero attached hydrogens (tertiary/aromatic N) is 1. The van der Waals surface area contributed by atoms with Crippen molar-refractivity contribution in [3.05, 3.63) is 22.4 Å². The Morgan fingerprint density at radius 1 is 1.57 bits per heavy atom. The first-order chi connectivity index (χ1) is 6.45. The van der Waals surface area contributed by atoms with Gasteiger partial charge < -0.3 is 10.6 Å². The van der Waals surface area contributed by atoms with Crippen LogP contribution in [-0.4, -0.2) is 19.0 Å². The fraction of sp³-hybridized carbons (Fsp3) is 0.444. The second kappa shape index (κ2) is 6.23. The van der Waals surface area contributed by atoms with Gasteiger partial charge in [0.05, 0.1) is 6.54 Å². The van der Waals surface area contributed by atoms with Crippen molar-refractivity contribution in [2.45, 2.75) is 13.0 Å². The standard InChI is InChI=1S/C9H13N3S.HI/c1-3-8(13-6-1)7-12-9-10-4-2-5-11-9;/h1,3,6H,2,4-5,7H2,(H2,10,11,12);1H. The number of halogens is 1. The van der Waals surface area contributed by atoms with Crippen molar-refractivity contribution in [2.24, 2.45) is 4.99 Å². The average molecular weight is 323 g/mol. The van der Waals surface area contributed by atoms with Crippen LogP contribution in [0.25, 0.3) is 0 Å². The Morgan fingerprint density at radius 2 is 2.50 bits per heavy atom. The Morgan fingerprint density at radius 3 is 3.14 bits per heavy atom. The normalized spacial score (nSPS) is 15.0. The molecule has 1 aromatic rings. The molecule has 5 heteroatoms. The molecule has 0 spiro atoms. The largest absolute Gasteiger partial charge is 0.356 e. The minimum atomic E-state index is 0. The molecule has 0 amide bonds. The summed E-state index contributed by atoms with van der Waals surface area (Å²) in [6.45, 7) is 2.86. The van der Waals surface area contributed by atoms with Crippen LogP contribution in [0.2, 0.25) is 0 Å². The van der Waals surface area contributed by atoms with Crippen molar-refractivity contribution in [1.82, 2.24) is 10.6 Å². The van der Waals surface area contributed by atoms with Gasteiger partial charge >= 0.3 is 0 Å². The van der Waals surface area contributed by atoms with Crippen LogP contribution >= 0.6 is 35.3 Å². The maximum atomic E-state index is 4.33. The number of nitrogens with one attached hydrogen (secondary N) is 2. The van der Waals surface area contributed by atoms with Crippen molar-refractivity contribution >= 4 is 41.3 Å². The third-order valence-corrected chi connectivity index (χ3v) is 2.78. The van der Waals surface area contributed by atoms with E-state index in [4.69, 9.17) is 0 Å². The second-order valence-electron chi connectivity index (χ2n) is 2.94. The molecule has 0 unspecified atom stereocenters. The number of rotatable bonds is 2. The maximum absolute atomic E-state index is 4.33. The molecule has 2 rings (SSSR count). The Hall–Kier alpha value is -0.300. The summed E-state index contributed by atoms with van der Waals surface area (Å²) in [6.07, 6.45) is 1.14. The first-order valence-corrected chi connectivity index (χ1v) is 5.38. The molecule has 0 fully saturated rings. The summed E-state index contributed by atoms with van der Waals surface area (Å²) in [5.74, 6) is 0.944. The van der Waals surface area contributed by atoms with E-state index < -0.39 is 0 Å². The highest BCUT2D eigenvalue weighted by molar-refractivity contribution is 14.0. The molecule has 0 atom stereocenters. The summed E-state index contributed by atoms with van der Waals surface area (Å²) >= 11 is 1.77. The molecule has 1 aliphatic rings. The molecule has 0 saturated carbocycles. The molecule has 1 aromatic heterocycles. The van der Waals surface area contributed by atoms with Crippen LogP contribution in [0.3, 0.4) is 0 Å². The molecule has 0 aromatic carbocycles. The Balaban J connectivity index is 0.000000980. The molecule has 0 radical (unpaired) electrons. The zero-order valence-electron chi connectivity index (χ0n) is 7.82. The third kappa shape index (κ3) is 3.45. The molecule has 0 aliphatic carbocycles. The minimum Gasteiger partial charge on any atom is -0.356 e. The van der Waals surface area contributed by atoms with E-state index in [1.807, 2.05) is 0 Å². The summed E-state index contributed by atoms with van der Waals surface area (Å²) in [5.41, 5.74) is 0. The summed E-state index contributed by atoms with van der Waals surface area (Å²) in [6, 6.07) is 4.19. The number of hydrogen-bond acceptors (Lipinski definition) is 4. The lowest BCUT2D eigenvalue weighted by molar-refractivity contribution is 0.703. The Bertz CT molecular complexity index is 284. The topological polar surface area (TPSA) is 36.4 Å². The smallest absolute Gasteiger partial charge is 0.191 e. The number of aliphatic imine (C=N–C) groups is 1. The Kier molecular flexibility index (Phi) is 5.24. The van der Waals surface area contributed by atoms with Gasteiger partial charge in [-0.1, -0.05) is 6.07 Å². The van der Waals surface area contributed by atoms with Crippen molar-refractivity contribution < 1.29 is 0 Å². The fourth-order valence-electron chi connectivity index (χ4n) is 1.24. The van der Waals surface area contributed by atoms with E-state index in [1.54, 1.807) is 11.3 Å². The number of guanidine groups is 1. The van der Waals surface area contributed by atoms with Gasteiger partial charge in [0.1, 0.15) is 0 Å². The summed E-state index contributed by atoms with van der Waals surface area (Å²) in [4.78, 5) is 5.67. The van der Waals surface area contributed by atoms with Gasteiger partial charge in [-0.15, -0.1) is 35.3 Å². The lowest BCUT2D eigenvalue weighted by atomic mass is 10.4. The maximum Gasteiger partial charge on any atom is 0.191 e. The van der Waals surface area contributed by atoms with Crippen molar-refractivity contribution in [3.8, 4) is 0 Å². The third-order valence-electron chi connectivity index (χ3n) is 1.91. The molecule has 2 heterocycles. The molecule has 1 aliphatic heterocycles. The van der Waals surface area contributed by atoms with Crippen LogP contribution in [-0.2, 0) is 6.54 Å². The minimum absolute atomic E-state index is 0. The molecule has 3 nitrogen and oxygen atoms in total. The van der Waals surface area contributed by atoms with Crippen molar-refractivity contribution in [2.75, 3.05) is 13.1 Å². The van der Waals surface area contributed by atoms with Crippen LogP contribution in [0.5, 0.6) is 0 Å². The molecule has 14 heavy (non-hydrogen) atoms. The summed E-state index contributed by atoms with van der Waals surface area (Å²) in [7, 11) is 0. The van der Waals surface area contributed by atoms with Gasteiger partial charge in [-0.05, 0) is 17.9 Å². The van der Waals surface area contributed by atoms with Crippen LogP contribution in [0.15, 0.2) is 22.5 Å². The van der Waals surface area contributed by atoms with E-state index in [2.05, 4.69) is 33.1 Å². The van der Waals surface area contributed by atoms with Gasteiger partial charge in [0.25, 0.3) is 0 Å². The summed E-state index contributed by atoms with van der Waals surface area (Å²) in [5, 5.41) is 8.59. The lowest BCUT2D eigenvalue weighted by Gasteiger charge is -2.15. The van der Waals surface area contributed by atoms with Gasteiger partial charge in [-0.3, -0.25) is 4.99 Å². The first kappa shape index (κ1) is 11.8. The molecular formula is C9H14IN3S. The zero-order chi connectivity index (χ0) is 8.93. The molecule has 2 N–H and O–H groups in total. The average Bonchev–Trinajstić information content (AvgIpc) is 2.69. The van der Waals surface area contributed by atoms with E-state index in [0.29, 0.717) is 0 Å². The quantitative estimate of drug-likeness (QED) is 0.815. The predicted molar refractivity (Wildman–Crippen MR) is 71.5 cm³/mol. The van der Waals surface area contributed by atoms with E-state index >= 15 is 0 Å². The summed E-state index contributed by atoms with van der Waals surface area (Å²) < 4.78 is 0. The van der Waals surface area contributed by atoms with E-state index in [9.17, 15) is 0 Å². The van der Waals surface area contributed by atoms with Crippen LogP contribution in [0.4, 0.5) is 0 Å². The van der Waals surface area contributed by atoms with Crippen LogP contribution in [0, 0.1) is 0 Å². The van der Waals surface area contributed by atoms with Crippen LogP contribution < -0.4 is 10.6 Å². The van der Waals surface area contributed by atoms with Crippen LogP contribution in [0.1, 0.15) is 11.3 Å². The molecule has 78 valence electrons. The van der Waals surface area contributed by atoms with Gasteiger partial charge in [-0.2, -0.15) is 0 Å². The molecule has 0 bridgehead atoms. The monoisotopic (exact) mass is 323 g/mol. The van der Waals surface area contributed by atoms with Crippen molar-refractivity contribution in [3.63, 3.8) is 0 Å². The Labute approximate surface area is 105 Å². The van der Waals surface area contributed by atoms with Gasteiger partial charge in [-0.25, -0.2) is 0 Å². The zero-order valence-corrected chi connectivity index (χ0v) is 11.0. The second-order valence-corrected chi connectivity index (χ2v) is 3.98. The molecule has 0 saturated heterocycles. The highest BCUT2D eigenvalue weighted by Gasteiger charge is 2.02. The highest BCUT2D eigenvalue weighted by Crippen LogP contribution is 2.07. The highest BCUT2D eigenvalue weighted by atomic mass is 127. The predicted octanol–water partition coefficient (Wildman–Crippen LogP) is 1.80. The fourth-order valence-corrected chi connectivity index (χ4v) is 1.88. The van der Waals surface area contributed by atoms with E-state index in [0.717, 1.165) is 32.0 Å². The van der Waals surface area contributed by atoms with E-state index in [1.165, 1.54) is 4.88 Å².